The number of hydrogen-bond acceptors (Lipinski definition) is 4. The Morgan fingerprint density at radius 1 is 1.37 bits per heavy atom. The van der Waals surface area contributed by atoms with Crippen molar-refractivity contribution in [2.75, 3.05) is 26.7 Å². The number of rotatable bonds is 8. The van der Waals surface area contributed by atoms with Gasteiger partial charge in [0.25, 0.3) is 0 Å². The number of ether oxygens (including phenoxy) is 1. The average Bonchev–Trinajstić information content (AvgIpc) is 2.37. The number of aliphatic carboxylic acids is 1. The molecule has 0 saturated carbocycles. The molecule has 0 heterocycles. The van der Waals surface area contributed by atoms with Crippen LogP contribution in [0.1, 0.15) is 18.6 Å². The molecule has 0 radical (unpaired) electrons. The first-order chi connectivity index (χ1) is 9.04. The topological polar surface area (TPSA) is 70.0 Å². The Kier molecular flexibility index (Phi) is 6.49. The molecule has 0 aromatic heterocycles. The summed E-state index contributed by atoms with van der Waals surface area (Å²) >= 11 is 0. The molecule has 2 unspecified atom stereocenters. The van der Waals surface area contributed by atoms with Gasteiger partial charge in [-0.15, -0.1) is 0 Å². The Morgan fingerprint density at radius 3 is 2.53 bits per heavy atom. The van der Waals surface area contributed by atoms with E-state index >= 15 is 0 Å². The third-order valence-corrected chi connectivity index (χ3v) is 2.75. The number of carbonyl (C=O) groups is 1. The fourth-order valence-electron chi connectivity index (χ4n) is 1.88. The molecule has 0 fully saturated rings. The Labute approximate surface area is 113 Å². The van der Waals surface area contributed by atoms with E-state index < -0.39 is 12.1 Å². The predicted octanol–water partition coefficient (Wildman–Crippen LogP) is 1.14. The lowest BCUT2D eigenvalue weighted by Crippen LogP contribution is -2.33. The van der Waals surface area contributed by atoms with Gasteiger partial charge in [0.1, 0.15) is 0 Å². The molecule has 1 rings (SSSR count). The Morgan fingerprint density at radius 2 is 2.00 bits per heavy atom. The summed E-state index contributed by atoms with van der Waals surface area (Å²) in [5, 5.41) is 18.1. The van der Waals surface area contributed by atoms with Crippen LogP contribution in [-0.2, 0) is 9.53 Å². The number of aliphatic hydroxyl groups is 1. The maximum Gasteiger partial charge on any atom is 0.337 e. The summed E-state index contributed by atoms with van der Waals surface area (Å²) in [5.41, 5.74) is 0.631. The molecule has 2 atom stereocenters. The lowest BCUT2D eigenvalue weighted by atomic mass is 10.1. The van der Waals surface area contributed by atoms with Crippen LogP contribution in [0.15, 0.2) is 30.3 Å². The minimum Gasteiger partial charge on any atom is -0.479 e. The summed E-state index contributed by atoms with van der Waals surface area (Å²) < 4.78 is 5.59. The smallest absolute Gasteiger partial charge is 0.337 e. The van der Waals surface area contributed by atoms with Crippen molar-refractivity contribution < 1.29 is 19.7 Å². The van der Waals surface area contributed by atoms with E-state index in [0.717, 1.165) is 0 Å². The van der Waals surface area contributed by atoms with E-state index in [2.05, 4.69) is 0 Å². The number of aliphatic hydroxyl groups excluding tert-OH is 1. The summed E-state index contributed by atoms with van der Waals surface area (Å²) in [4.78, 5) is 13.2. The third kappa shape index (κ3) is 5.38. The van der Waals surface area contributed by atoms with Gasteiger partial charge in [-0.25, -0.2) is 4.79 Å². The first-order valence-electron chi connectivity index (χ1n) is 6.27. The van der Waals surface area contributed by atoms with E-state index in [-0.39, 0.29) is 12.7 Å². The third-order valence-electron chi connectivity index (χ3n) is 2.75. The van der Waals surface area contributed by atoms with Crippen molar-refractivity contribution in [2.45, 2.75) is 19.1 Å². The van der Waals surface area contributed by atoms with E-state index in [0.29, 0.717) is 18.7 Å². The highest BCUT2D eigenvalue weighted by Crippen LogP contribution is 2.19. The highest BCUT2D eigenvalue weighted by Gasteiger charge is 2.23. The summed E-state index contributed by atoms with van der Waals surface area (Å²) in [6.07, 6.45) is -1.20. The maximum absolute atomic E-state index is 11.3. The zero-order valence-electron chi connectivity index (χ0n) is 11.3. The van der Waals surface area contributed by atoms with Crippen molar-refractivity contribution in [1.29, 1.82) is 0 Å². The molecule has 0 aliphatic carbocycles. The van der Waals surface area contributed by atoms with Gasteiger partial charge in [-0.05, 0) is 19.5 Å². The zero-order chi connectivity index (χ0) is 14.3. The summed E-state index contributed by atoms with van der Waals surface area (Å²) in [5.74, 6) is -0.997. The molecule has 0 aliphatic rings. The molecule has 1 aromatic carbocycles. The monoisotopic (exact) mass is 267 g/mol. The second-order valence-corrected chi connectivity index (χ2v) is 4.56. The van der Waals surface area contributed by atoms with Crippen LogP contribution >= 0.6 is 0 Å². The fourth-order valence-corrected chi connectivity index (χ4v) is 1.88. The summed E-state index contributed by atoms with van der Waals surface area (Å²) in [7, 11) is 1.86. The van der Waals surface area contributed by atoms with E-state index in [1.807, 2.05) is 24.9 Å². The van der Waals surface area contributed by atoms with Crippen LogP contribution in [0.3, 0.4) is 0 Å². The van der Waals surface area contributed by atoms with Crippen LogP contribution in [0.5, 0.6) is 0 Å². The van der Waals surface area contributed by atoms with Gasteiger partial charge in [-0.1, -0.05) is 30.3 Å². The van der Waals surface area contributed by atoms with Crippen LogP contribution in [0.2, 0.25) is 0 Å². The van der Waals surface area contributed by atoms with Gasteiger partial charge in [0, 0.05) is 13.1 Å². The van der Waals surface area contributed by atoms with Gasteiger partial charge in [-0.3, -0.25) is 0 Å². The molecular formula is C14H21NO4. The number of benzene rings is 1. The Bertz CT molecular complexity index is 382. The largest absolute Gasteiger partial charge is 0.479 e. The van der Waals surface area contributed by atoms with Crippen LogP contribution in [0.4, 0.5) is 0 Å². The van der Waals surface area contributed by atoms with Gasteiger partial charge in [0.15, 0.2) is 6.10 Å². The van der Waals surface area contributed by atoms with Crippen LogP contribution in [-0.4, -0.2) is 53.9 Å². The second kappa shape index (κ2) is 7.89. The number of carboxylic acid groups (broad SMARTS) is 1. The molecule has 0 spiro atoms. The quantitative estimate of drug-likeness (QED) is 0.739. The summed E-state index contributed by atoms with van der Waals surface area (Å²) in [6.45, 7) is 3.00. The lowest BCUT2D eigenvalue weighted by Gasteiger charge is -2.24. The number of hydrogen-bond donors (Lipinski definition) is 2. The van der Waals surface area contributed by atoms with Crippen molar-refractivity contribution in [1.82, 2.24) is 4.90 Å². The molecule has 106 valence electrons. The second-order valence-electron chi connectivity index (χ2n) is 4.56. The standard InChI is InChI=1S/C14H21NO4/c1-11(10-15(2)8-9-16)19-13(14(17)18)12-6-4-3-5-7-12/h3-7,11,13,16H,8-10H2,1-2H3,(H,17,18). The summed E-state index contributed by atoms with van der Waals surface area (Å²) in [6, 6.07) is 8.89. The highest BCUT2D eigenvalue weighted by atomic mass is 16.5. The first kappa shape index (κ1) is 15.6. The minimum absolute atomic E-state index is 0.0737. The van der Waals surface area contributed by atoms with Gasteiger partial charge >= 0.3 is 5.97 Å². The molecule has 0 bridgehead atoms. The molecule has 5 heteroatoms. The van der Waals surface area contributed by atoms with Gasteiger partial charge in [-0.2, -0.15) is 0 Å². The Hall–Kier alpha value is -1.43. The average molecular weight is 267 g/mol. The van der Waals surface area contributed by atoms with Crippen molar-refractivity contribution in [3.63, 3.8) is 0 Å². The van der Waals surface area contributed by atoms with Gasteiger partial charge in [0.05, 0.1) is 12.7 Å². The first-order valence-corrected chi connectivity index (χ1v) is 6.27. The normalized spacial score (nSPS) is 14.3. The van der Waals surface area contributed by atoms with Gasteiger partial charge < -0.3 is 19.8 Å². The van der Waals surface area contributed by atoms with E-state index in [4.69, 9.17) is 9.84 Å². The number of likely N-dealkylation sites (N-methyl/N-ethyl adjacent to an activating group) is 1. The van der Waals surface area contributed by atoms with Crippen molar-refractivity contribution in [3.8, 4) is 0 Å². The number of nitrogens with zero attached hydrogens (tertiary/aromatic N) is 1. The maximum atomic E-state index is 11.3. The fraction of sp³-hybridized carbons (Fsp3) is 0.500. The molecular weight excluding hydrogens is 246 g/mol. The SMILES string of the molecule is CC(CN(C)CCO)OC(C(=O)O)c1ccccc1. The van der Waals surface area contributed by atoms with Crippen LogP contribution < -0.4 is 0 Å². The molecule has 1 aromatic rings. The van der Waals surface area contributed by atoms with E-state index in [1.165, 1.54) is 0 Å². The number of carboxylic acids is 1. The molecule has 5 nitrogen and oxygen atoms in total. The predicted molar refractivity (Wildman–Crippen MR) is 71.9 cm³/mol. The minimum atomic E-state index is -0.997. The van der Waals surface area contributed by atoms with Crippen LogP contribution in [0, 0.1) is 0 Å². The van der Waals surface area contributed by atoms with Crippen molar-refractivity contribution in [3.05, 3.63) is 35.9 Å². The van der Waals surface area contributed by atoms with Gasteiger partial charge in [0.2, 0.25) is 0 Å². The van der Waals surface area contributed by atoms with Crippen LogP contribution in [0.25, 0.3) is 0 Å². The molecule has 19 heavy (non-hydrogen) atoms. The lowest BCUT2D eigenvalue weighted by molar-refractivity contribution is -0.155. The van der Waals surface area contributed by atoms with Crippen molar-refractivity contribution >= 4 is 5.97 Å². The molecule has 0 amide bonds. The molecule has 0 aliphatic heterocycles. The van der Waals surface area contributed by atoms with E-state index in [9.17, 15) is 9.90 Å². The Balaban J connectivity index is 2.62. The van der Waals surface area contributed by atoms with E-state index in [1.54, 1.807) is 24.3 Å². The molecule has 0 saturated heterocycles. The van der Waals surface area contributed by atoms with Crippen molar-refractivity contribution in [2.24, 2.45) is 0 Å². The highest BCUT2D eigenvalue weighted by molar-refractivity contribution is 5.74. The molecule has 2 N–H and O–H groups in total. The zero-order valence-corrected chi connectivity index (χ0v) is 11.3.